The minimum Gasteiger partial charge on any atom is -0.484 e. The smallest absolute Gasteiger partial charge is 0.277 e. The molecule has 0 aliphatic heterocycles. The van der Waals surface area contributed by atoms with Crippen LogP contribution in [0, 0.1) is 13.8 Å². The van der Waals surface area contributed by atoms with Gasteiger partial charge >= 0.3 is 0 Å². The molecule has 0 radical (unpaired) electrons. The summed E-state index contributed by atoms with van der Waals surface area (Å²) in [4.78, 5) is 14.1. The predicted molar refractivity (Wildman–Crippen MR) is 107 cm³/mol. The van der Waals surface area contributed by atoms with E-state index < -0.39 is 0 Å². The lowest BCUT2D eigenvalue weighted by molar-refractivity contribution is -0.123. The zero-order chi connectivity index (χ0) is 18.9. The average molecular weight is 353 g/mol. The lowest BCUT2D eigenvalue weighted by Crippen LogP contribution is -2.24. The van der Waals surface area contributed by atoms with E-state index >= 15 is 0 Å². The molecule has 2 aromatic rings. The highest BCUT2D eigenvalue weighted by molar-refractivity contribution is 5.83. The fourth-order valence-electron chi connectivity index (χ4n) is 2.74. The number of aryl methyl sites for hydroxylation is 2. The summed E-state index contributed by atoms with van der Waals surface area (Å²) in [6, 6.07) is 13.9. The Bertz CT molecular complexity index is 730. The first kappa shape index (κ1) is 19.5. The van der Waals surface area contributed by atoms with Crippen LogP contribution in [-0.4, -0.2) is 31.8 Å². The third-order valence-corrected chi connectivity index (χ3v) is 3.99. The summed E-state index contributed by atoms with van der Waals surface area (Å²) in [7, 11) is 0. The maximum absolute atomic E-state index is 11.8. The van der Waals surface area contributed by atoms with E-state index in [1.54, 1.807) is 6.21 Å². The van der Waals surface area contributed by atoms with Gasteiger partial charge in [-0.3, -0.25) is 4.79 Å². The lowest BCUT2D eigenvalue weighted by atomic mass is 10.1. The number of benzene rings is 2. The summed E-state index contributed by atoms with van der Waals surface area (Å²) in [5, 5.41) is 3.99. The van der Waals surface area contributed by atoms with Crippen molar-refractivity contribution in [1.82, 2.24) is 5.43 Å². The zero-order valence-corrected chi connectivity index (χ0v) is 16.0. The van der Waals surface area contributed by atoms with E-state index in [0.29, 0.717) is 5.75 Å². The molecule has 1 N–H and O–H groups in total. The summed E-state index contributed by atoms with van der Waals surface area (Å²) in [6.07, 6.45) is 1.63. The van der Waals surface area contributed by atoms with Crippen molar-refractivity contribution in [2.24, 2.45) is 5.10 Å². The van der Waals surface area contributed by atoms with Crippen LogP contribution < -0.4 is 15.1 Å². The van der Waals surface area contributed by atoms with Gasteiger partial charge in [0.15, 0.2) is 6.61 Å². The fraction of sp³-hybridized carbons (Fsp3) is 0.333. The zero-order valence-electron chi connectivity index (χ0n) is 16.0. The number of hydrazone groups is 1. The number of hydrogen-bond donors (Lipinski definition) is 1. The SMILES string of the molecule is CCN(CC)c1ccc(C=NNC(=O)COc2cc(C)cc(C)c2)cc1. The molecule has 0 saturated heterocycles. The predicted octanol–water partition coefficient (Wildman–Crippen LogP) is 3.68. The van der Waals surface area contributed by atoms with E-state index in [-0.39, 0.29) is 12.5 Å². The molecule has 1 amide bonds. The Morgan fingerprint density at radius 2 is 1.69 bits per heavy atom. The van der Waals surface area contributed by atoms with E-state index in [0.717, 1.165) is 29.8 Å². The van der Waals surface area contributed by atoms with Crippen molar-refractivity contribution in [2.75, 3.05) is 24.6 Å². The minimum atomic E-state index is -0.292. The van der Waals surface area contributed by atoms with E-state index in [2.05, 4.69) is 47.5 Å². The highest BCUT2D eigenvalue weighted by atomic mass is 16.5. The Labute approximate surface area is 155 Å². The van der Waals surface area contributed by atoms with Crippen molar-refractivity contribution >= 4 is 17.8 Å². The van der Waals surface area contributed by atoms with Gasteiger partial charge in [0, 0.05) is 18.8 Å². The molecular weight excluding hydrogens is 326 g/mol. The van der Waals surface area contributed by atoms with Gasteiger partial charge in [0.25, 0.3) is 5.91 Å². The van der Waals surface area contributed by atoms with Gasteiger partial charge in [0.2, 0.25) is 0 Å². The summed E-state index contributed by atoms with van der Waals surface area (Å²) in [6.45, 7) is 10.1. The maximum atomic E-state index is 11.8. The first-order valence-corrected chi connectivity index (χ1v) is 8.89. The highest BCUT2D eigenvalue weighted by Crippen LogP contribution is 2.16. The Morgan fingerprint density at radius 1 is 1.08 bits per heavy atom. The Balaban J connectivity index is 1.82. The van der Waals surface area contributed by atoms with Gasteiger partial charge in [0.05, 0.1) is 6.21 Å². The van der Waals surface area contributed by atoms with Crippen molar-refractivity contribution in [2.45, 2.75) is 27.7 Å². The molecule has 2 rings (SSSR count). The standard InChI is InChI=1S/C21H27N3O2/c1-5-24(6-2)19-9-7-18(8-10-19)14-22-23-21(25)15-26-20-12-16(3)11-17(4)13-20/h7-14H,5-6,15H2,1-4H3,(H,23,25). The molecule has 0 spiro atoms. The number of nitrogens with zero attached hydrogens (tertiary/aromatic N) is 2. The molecule has 5 nitrogen and oxygen atoms in total. The fourth-order valence-corrected chi connectivity index (χ4v) is 2.74. The molecule has 0 aliphatic carbocycles. The van der Waals surface area contributed by atoms with Crippen LogP contribution in [0.1, 0.15) is 30.5 Å². The molecule has 0 heterocycles. The minimum absolute atomic E-state index is 0.0683. The van der Waals surface area contributed by atoms with Crippen LogP contribution in [0.4, 0.5) is 5.69 Å². The second-order valence-corrected chi connectivity index (χ2v) is 6.17. The van der Waals surface area contributed by atoms with Crippen LogP contribution in [0.2, 0.25) is 0 Å². The van der Waals surface area contributed by atoms with Crippen LogP contribution in [-0.2, 0) is 4.79 Å². The molecular formula is C21H27N3O2. The quantitative estimate of drug-likeness (QED) is 0.582. The lowest BCUT2D eigenvalue weighted by Gasteiger charge is -2.20. The largest absolute Gasteiger partial charge is 0.484 e. The Kier molecular flexibility index (Phi) is 7.21. The van der Waals surface area contributed by atoms with E-state index in [9.17, 15) is 4.79 Å². The van der Waals surface area contributed by atoms with E-state index in [4.69, 9.17) is 4.74 Å². The molecule has 5 heteroatoms. The van der Waals surface area contributed by atoms with Gasteiger partial charge in [-0.2, -0.15) is 5.10 Å². The molecule has 138 valence electrons. The van der Waals surface area contributed by atoms with Gasteiger partial charge in [-0.25, -0.2) is 5.43 Å². The number of anilines is 1. The highest BCUT2D eigenvalue weighted by Gasteiger charge is 2.03. The maximum Gasteiger partial charge on any atom is 0.277 e. The van der Waals surface area contributed by atoms with Gasteiger partial charge in [0.1, 0.15) is 5.75 Å². The first-order chi connectivity index (χ1) is 12.5. The average Bonchev–Trinajstić information content (AvgIpc) is 2.61. The van der Waals surface area contributed by atoms with Crippen molar-refractivity contribution in [3.05, 3.63) is 59.2 Å². The van der Waals surface area contributed by atoms with Crippen LogP contribution in [0.3, 0.4) is 0 Å². The molecule has 26 heavy (non-hydrogen) atoms. The summed E-state index contributed by atoms with van der Waals surface area (Å²) >= 11 is 0. The Hall–Kier alpha value is -2.82. The molecule has 0 unspecified atom stereocenters. The van der Waals surface area contributed by atoms with Gasteiger partial charge in [-0.15, -0.1) is 0 Å². The molecule has 0 fully saturated rings. The number of hydrogen-bond acceptors (Lipinski definition) is 4. The van der Waals surface area contributed by atoms with Crippen LogP contribution in [0.25, 0.3) is 0 Å². The topological polar surface area (TPSA) is 53.9 Å². The molecule has 2 aromatic carbocycles. The van der Waals surface area contributed by atoms with Crippen LogP contribution in [0.5, 0.6) is 5.75 Å². The normalized spacial score (nSPS) is 10.8. The third kappa shape index (κ3) is 5.92. The molecule has 0 saturated carbocycles. The van der Waals surface area contributed by atoms with Crippen molar-refractivity contribution < 1.29 is 9.53 Å². The number of carbonyl (C=O) groups is 1. The molecule has 0 bridgehead atoms. The van der Waals surface area contributed by atoms with Crippen molar-refractivity contribution in [3.8, 4) is 5.75 Å². The third-order valence-electron chi connectivity index (χ3n) is 3.99. The second-order valence-electron chi connectivity index (χ2n) is 6.17. The number of amides is 1. The molecule has 0 aliphatic rings. The second kappa shape index (κ2) is 9.61. The Morgan fingerprint density at radius 3 is 2.27 bits per heavy atom. The van der Waals surface area contributed by atoms with E-state index in [1.165, 1.54) is 5.69 Å². The first-order valence-electron chi connectivity index (χ1n) is 8.89. The van der Waals surface area contributed by atoms with Crippen molar-refractivity contribution in [3.63, 3.8) is 0 Å². The number of carbonyl (C=O) groups excluding carboxylic acids is 1. The summed E-state index contributed by atoms with van der Waals surface area (Å²) in [5.41, 5.74) is 6.80. The summed E-state index contributed by atoms with van der Waals surface area (Å²) in [5.74, 6) is 0.397. The van der Waals surface area contributed by atoms with Gasteiger partial charge in [-0.05, 0) is 68.7 Å². The number of rotatable bonds is 8. The van der Waals surface area contributed by atoms with Crippen molar-refractivity contribution in [1.29, 1.82) is 0 Å². The van der Waals surface area contributed by atoms with E-state index in [1.807, 2.05) is 38.1 Å². The van der Waals surface area contributed by atoms with Gasteiger partial charge < -0.3 is 9.64 Å². The summed E-state index contributed by atoms with van der Waals surface area (Å²) < 4.78 is 5.51. The number of nitrogens with one attached hydrogen (secondary N) is 1. The van der Waals surface area contributed by atoms with Crippen LogP contribution in [0.15, 0.2) is 47.6 Å². The van der Waals surface area contributed by atoms with Crippen LogP contribution >= 0.6 is 0 Å². The molecule has 0 aromatic heterocycles. The number of ether oxygens (including phenoxy) is 1. The van der Waals surface area contributed by atoms with Gasteiger partial charge in [-0.1, -0.05) is 18.2 Å². The monoisotopic (exact) mass is 353 g/mol. The molecule has 0 atom stereocenters.